The second-order valence-electron chi connectivity index (χ2n) is 6.94. The van der Waals surface area contributed by atoms with Crippen LogP contribution in [0, 0.1) is 6.92 Å². The van der Waals surface area contributed by atoms with Crippen LogP contribution in [-0.4, -0.2) is 25.9 Å². The summed E-state index contributed by atoms with van der Waals surface area (Å²) in [6, 6.07) is 15.7. The molecule has 7 heteroatoms. The molecule has 3 heterocycles. The van der Waals surface area contributed by atoms with Gasteiger partial charge in [-0.3, -0.25) is 9.36 Å². The molecule has 0 bridgehead atoms. The number of allylic oxidation sites excluding steroid dienone is 3. The van der Waals surface area contributed by atoms with E-state index in [9.17, 15) is 4.79 Å². The van der Waals surface area contributed by atoms with Crippen LogP contribution in [0.1, 0.15) is 32.0 Å². The van der Waals surface area contributed by atoms with Crippen molar-refractivity contribution >= 4 is 29.0 Å². The second kappa shape index (κ2) is 10.9. The highest BCUT2D eigenvalue weighted by Gasteiger charge is 2.18. The first-order chi connectivity index (χ1) is 16.1. The van der Waals surface area contributed by atoms with Crippen LogP contribution in [0.3, 0.4) is 0 Å². The molecule has 33 heavy (non-hydrogen) atoms. The summed E-state index contributed by atoms with van der Waals surface area (Å²) < 4.78 is 1.99. The maximum absolute atomic E-state index is 10.6. The van der Waals surface area contributed by atoms with Gasteiger partial charge in [0.1, 0.15) is 11.3 Å². The van der Waals surface area contributed by atoms with Gasteiger partial charge in [0, 0.05) is 18.1 Å². The number of hydrogen-bond donors (Lipinski definition) is 2. The highest BCUT2D eigenvalue weighted by molar-refractivity contribution is 5.85. The van der Waals surface area contributed by atoms with Crippen LogP contribution in [0.4, 0.5) is 5.82 Å². The van der Waals surface area contributed by atoms with Crippen LogP contribution in [0.5, 0.6) is 0 Å². The van der Waals surface area contributed by atoms with Gasteiger partial charge in [0.2, 0.25) is 6.41 Å². The molecule has 0 atom stereocenters. The van der Waals surface area contributed by atoms with Crippen molar-refractivity contribution in [3.8, 4) is 17.1 Å². The van der Waals surface area contributed by atoms with Gasteiger partial charge in [-0.2, -0.15) is 0 Å². The molecule has 0 aliphatic rings. The first-order valence-corrected chi connectivity index (χ1v) is 10.8. The zero-order valence-electron chi connectivity index (χ0n) is 19.3. The molecule has 0 radical (unpaired) electrons. The highest BCUT2D eigenvalue weighted by Crippen LogP contribution is 2.31. The molecule has 0 aliphatic heterocycles. The smallest absolute Gasteiger partial charge is 0.211 e. The Balaban J connectivity index is 0.00000149. The second-order valence-corrected chi connectivity index (χ2v) is 6.94. The first kappa shape index (κ1) is 23.4. The minimum atomic E-state index is 0.406. The predicted molar refractivity (Wildman–Crippen MR) is 135 cm³/mol. The Morgan fingerprint density at radius 2 is 1.82 bits per heavy atom. The van der Waals surface area contributed by atoms with Gasteiger partial charge in [-0.15, -0.1) is 0 Å². The van der Waals surface area contributed by atoms with Crippen molar-refractivity contribution in [2.75, 3.05) is 5.73 Å². The Hall–Kier alpha value is -4.26. The van der Waals surface area contributed by atoms with Crippen LogP contribution >= 0.6 is 0 Å². The fourth-order valence-corrected chi connectivity index (χ4v) is 3.35. The van der Waals surface area contributed by atoms with Crippen LogP contribution in [-0.2, 0) is 4.79 Å². The van der Waals surface area contributed by atoms with Gasteiger partial charge in [-0.05, 0) is 61.9 Å². The number of nitrogen functional groups attached to an aromatic ring is 1. The molecule has 0 saturated heterocycles. The zero-order valence-corrected chi connectivity index (χ0v) is 19.3. The van der Waals surface area contributed by atoms with Crippen molar-refractivity contribution in [1.29, 1.82) is 0 Å². The van der Waals surface area contributed by atoms with E-state index in [1.165, 1.54) is 0 Å². The summed E-state index contributed by atoms with van der Waals surface area (Å²) in [4.78, 5) is 24.5. The van der Waals surface area contributed by atoms with Gasteiger partial charge in [0.25, 0.3) is 0 Å². The maximum Gasteiger partial charge on any atom is 0.211 e. The Kier molecular flexibility index (Phi) is 7.70. The summed E-state index contributed by atoms with van der Waals surface area (Å²) in [6.45, 7) is 7.97. The molecule has 0 fully saturated rings. The molecule has 0 saturated carbocycles. The third kappa shape index (κ3) is 4.98. The number of rotatable bonds is 6. The standard InChI is InChI=1S/C24H22N6O.C2H6/c1-3-17(12-14-26-15-31)20-10-11-21-24(28-20)30(18-8-6-16(2)7-9-18)23(29-21)19-5-4-13-27-22(19)25;1-2/h3-15H,1-2H3,(H2,25,27)(H,26,31);1-2H3/b14-12-,17-3+;. The molecule has 1 aromatic carbocycles. The number of pyridine rings is 2. The minimum Gasteiger partial charge on any atom is -0.383 e. The Bertz CT molecular complexity index is 1300. The SMILES string of the molecule is C/C=C(\C=C/NC=O)c1ccc2nc(-c3cccnc3N)n(-c3ccc(C)cc3)c2n1.CC. The summed E-state index contributed by atoms with van der Waals surface area (Å²) in [7, 11) is 0. The van der Waals surface area contributed by atoms with Crippen molar-refractivity contribution < 1.29 is 4.79 Å². The maximum atomic E-state index is 10.6. The molecule has 0 aliphatic carbocycles. The van der Waals surface area contributed by atoms with Crippen molar-refractivity contribution in [1.82, 2.24) is 24.8 Å². The molecule has 1 amide bonds. The van der Waals surface area contributed by atoms with E-state index in [0.29, 0.717) is 23.7 Å². The van der Waals surface area contributed by atoms with Crippen molar-refractivity contribution in [3.05, 3.63) is 84.3 Å². The molecule has 4 aromatic rings. The largest absolute Gasteiger partial charge is 0.383 e. The molecule has 3 aromatic heterocycles. The topological polar surface area (TPSA) is 98.7 Å². The summed E-state index contributed by atoms with van der Waals surface area (Å²) in [5.41, 5.74) is 12.1. The highest BCUT2D eigenvalue weighted by atomic mass is 16.1. The number of nitrogens with one attached hydrogen (secondary N) is 1. The summed E-state index contributed by atoms with van der Waals surface area (Å²) in [5, 5.41) is 2.53. The van der Waals surface area contributed by atoms with E-state index < -0.39 is 0 Å². The number of aromatic nitrogens is 4. The number of carbonyl (C=O) groups is 1. The third-order valence-electron chi connectivity index (χ3n) is 4.91. The quantitative estimate of drug-likeness (QED) is 0.322. The van der Waals surface area contributed by atoms with Crippen LogP contribution in [0.25, 0.3) is 33.8 Å². The fraction of sp³-hybridized carbons (Fsp3) is 0.154. The van der Waals surface area contributed by atoms with Gasteiger partial charge in [-0.25, -0.2) is 15.0 Å². The number of hydrogen-bond acceptors (Lipinski definition) is 5. The molecule has 7 nitrogen and oxygen atoms in total. The number of nitrogens with two attached hydrogens (primary N) is 1. The van der Waals surface area contributed by atoms with E-state index in [4.69, 9.17) is 15.7 Å². The summed E-state index contributed by atoms with van der Waals surface area (Å²) in [5.74, 6) is 1.08. The van der Waals surface area contributed by atoms with E-state index in [2.05, 4.69) is 10.3 Å². The number of fused-ring (bicyclic) bond motifs is 1. The normalized spacial score (nSPS) is 11.3. The van der Waals surface area contributed by atoms with Gasteiger partial charge in [0.05, 0.1) is 11.3 Å². The lowest BCUT2D eigenvalue weighted by Gasteiger charge is -2.11. The Morgan fingerprint density at radius 1 is 1.06 bits per heavy atom. The summed E-state index contributed by atoms with van der Waals surface area (Å²) >= 11 is 0. The molecule has 4 rings (SSSR count). The number of carbonyl (C=O) groups excluding carboxylic acids is 1. The van der Waals surface area contributed by atoms with Gasteiger partial charge in [0.15, 0.2) is 11.5 Å². The zero-order chi connectivity index (χ0) is 23.8. The van der Waals surface area contributed by atoms with Crippen molar-refractivity contribution in [2.45, 2.75) is 27.7 Å². The van der Waals surface area contributed by atoms with Gasteiger partial charge >= 0.3 is 0 Å². The molecular formula is C26H28N6O. The van der Waals surface area contributed by atoms with Crippen LogP contribution in [0.15, 0.2) is 73.1 Å². The van der Waals surface area contributed by atoms with Crippen LogP contribution < -0.4 is 11.1 Å². The Labute approximate surface area is 193 Å². The van der Waals surface area contributed by atoms with Crippen LogP contribution in [0.2, 0.25) is 0 Å². The number of aryl methyl sites for hydroxylation is 1. The van der Waals surface area contributed by atoms with Crippen molar-refractivity contribution in [3.63, 3.8) is 0 Å². The lowest BCUT2D eigenvalue weighted by molar-refractivity contribution is -0.108. The van der Waals surface area contributed by atoms with E-state index in [1.54, 1.807) is 18.5 Å². The molecule has 0 spiro atoms. The van der Waals surface area contributed by atoms with Crippen molar-refractivity contribution in [2.24, 2.45) is 0 Å². The third-order valence-corrected chi connectivity index (χ3v) is 4.91. The molecular weight excluding hydrogens is 412 g/mol. The average molecular weight is 441 g/mol. The number of nitrogens with zero attached hydrogens (tertiary/aromatic N) is 4. The molecule has 0 unspecified atom stereocenters. The number of imidazole rings is 1. The number of amides is 1. The minimum absolute atomic E-state index is 0.406. The van der Waals surface area contributed by atoms with Gasteiger partial charge in [-0.1, -0.05) is 37.6 Å². The fourth-order valence-electron chi connectivity index (χ4n) is 3.35. The van der Waals surface area contributed by atoms with E-state index in [-0.39, 0.29) is 0 Å². The van der Waals surface area contributed by atoms with Gasteiger partial charge < -0.3 is 11.1 Å². The number of benzene rings is 1. The predicted octanol–water partition coefficient (Wildman–Crippen LogP) is 5.06. The van der Waals surface area contributed by atoms with E-state index in [0.717, 1.165) is 33.6 Å². The van der Waals surface area contributed by atoms with E-state index >= 15 is 0 Å². The molecule has 3 N–H and O–H groups in total. The lowest BCUT2D eigenvalue weighted by atomic mass is 10.1. The Morgan fingerprint density at radius 3 is 2.48 bits per heavy atom. The van der Waals surface area contributed by atoms with E-state index in [1.807, 2.05) is 86.9 Å². The molecule has 168 valence electrons. The summed E-state index contributed by atoms with van der Waals surface area (Å²) in [6.07, 6.45) is 7.59. The first-order valence-electron chi connectivity index (χ1n) is 10.8. The lowest BCUT2D eigenvalue weighted by Crippen LogP contribution is -2.02. The monoisotopic (exact) mass is 440 g/mol. The number of anilines is 1. The average Bonchev–Trinajstić information content (AvgIpc) is 3.22.